The van der Waals surface area contributed by atoms with Gasteiger partial charge in [0.15, 0.2) is 0 Å². The zero-order valence-electron chi connectivity index (χ0n) is 10.3. The first-order chi connectivity index (χ1) is 7.74. The summed E-state index contributed by atoms with van der Waals surface area (Å²) in [5.41, 5.74) is 0.00810. The summed E-state index contributed by atoms with van der Waals surface area (Å²) >= 11 is 0. The van der Waals surface area contributed by atoms with Gasteiger partial charge >= 0.3 is 0 Å². The monoisotopic (exact) mass is 228 g/mol. The highest BCUT2D eigenvalue weighted by Crippen LogP contribution is 2.29. The van der Waals surface area contributed by atoms with E-state index in [2.05, 4.69) is 16.8 Å². The van der Waals surface area contributed by atoms with Crippen molar-refractivity contribution in [1.82, 2.24) is 9.80 Å². The van der Waals surface area contributed by atoms with Crippen LogP contribution in [0.2, 0.25) is 0 Å². The Bertz CT molecular complexity index is 209. The lowest BCUT2D eigenvalue weighted by Crippen LogP contribution is -2.51. The van der Waals surface area contributed by atoms with Crippen LogP contribution in [0.1, 0.15) is 12.8 Å². The molecule has 1 N–H and O–H groups in total. The molecule has 2 aliphatic rings. The Morgan fingerprint density at radius 1 is 1.25 bits per heavy atom. The van der Waals surface area contributed by atoms with Crippen molar-refractivity contribution in [2.24, 2.45) is 5.41 Å². The Hall–Kier alpha value is -0.160. The molecule has 0 saturated carbocycles. The molecule has 2 rings (SSSR count). The number of piperazine rings is 1. The van der Waals surface area contributed by atoms with Gasteiger partial charge in [0, 0.05) is 44.7 Å². The largest absolute Gasteiger partial charge is 0.396 e. The van der Waals surface area contributed by atoms with Crippen LogP contribution in [-0.2, 0) is 4.74 Å². The topological polar surface area (TPSA) is 35.9 Å². The number of hydrogen-bond acceptors (Lipinski definition) is 4. The molecule has 4 nitrogen and oxygen atoms in total. The van der Waals surface area contributed by atoms with Crippen LogP contribution in [0.15, 0.2) is 0 Å². The fourth-order valence-corrected chi connectivity index (χ4v) is 2.69. The van der Waals surface area contributed by atoms with E-state index in [1.807, 2.05) is 0 Å². The molecule has 94 valence electrons. The molecule has 0 amide bonds. The standard InChI is InChI=1S/C12H24N2O2/c1-13-4-6-14(7-5-13)9-12(10-15)3-2-8-16-11-12/h15H,2-11H2,1H3. The van der Waals surface area contributed by atoms with E-state index < -0.39 is 0 Å². The van der Waals surface area contributed by atoms with E-state index in [-0.39, 0.29) is 12.0 Å². The van der Waals surface area contributed by atoms with Crippen LogP contribution in [0.5, 0.6) is 0 Å². The molecule has 0 radical (unpaired) electrons. The molecule has 2 fully saturated rings. The third-order valence-corrected chi connectivity index (χ3v) is 3.89. The number of aliphatic hydroxyl groups is 1. The maximum absolute atomic E-state index is 9.61. The van der Waals surface area contributed by atoms with E-state index in [0.717, 1.165) is 58.8 Å². The van der Waals surface area contributed by atoms with Crippen LogP contribution >= 0.6 is 0 Å². The minimum absolute atomic E-state index is 0.00810. The summed E-state index contributed by atoms with van der Waals surface area (Å²) in [5.74, 6) is 0. The molecule has 0 spiro atoms. The van der Waals surface area contributed by atoms with Crippen molar-refractivity contribution in [2.75, 3.05) is 59.6 Å². The normalized spacial score (nSPS) is 34.1. The molecule has 2 heterocycles. The summed E-state index contributed by atoms with van der Waals surface area (Å²) in [6.45, 7) is 7.39. The van der Waals surface area contributed by atoms with Crippen LogP contribution in [0.25, 0.3) is 0 Å². The Balaban J connectivity index is 1.86. The predicted molar refractivity (Wildman–Crippen MR) is 63.5 cm³/mol. The lowest BCUT2D eigenvalue weighted by molar-refractivity contribution is -0.0595. The zero-order valence-corrected chi connectivity index (χ0v) is 10.3. The Labute approximate surface area is 98.2 Å². The van der Waals surface area contributed by atoms with Crippen LogP contribution < -0.4 is 0 Å². The van der Waals surface area contributed by atoms with Crippen molar-refractivity contribution < 1.29 is 9.84 Å². The lowest BCUT2D eigenvalue weighted by atomic mass is 9.82. The second-order valence-electron chi connectivity index (χ2n) is 5.39. The summed E-state index contributed by atoms with van der Waals surface area (Å²) in [6.07, 6.45) is 2.20. The second kappa shape index (κ2) is 5.45. The number of nitrogens with zero attached hydrogens (tertiary/aromatic N) is 2. The molecule has 0 aromatic heterocycles. The Kier molecular flexibility index (Phi) is 4.19. The Morgan fingerprint density at radius 2 is 2.00 bits per heavy atom. The van der Waals surface area contributed by atoms with Crippen molar-refractivity contribution in [3.8, 4) is 0 Å². The van der Waals surface area contributed by atoms with Crippen LogP contribution in [0.3, 0.4) is 0 Å². The molecule has 0 aromatic rings. The SMILES string of the molecule is CN1CCN(CC2(CO)CCCOC2)CC1. The maximum Gasteiger partial charge on any atom is 0.0556 e. The summed E-state index contributed by atoms with van der Waals surface area (Å²) < 4.78 is 5.54. The maximum atomic E-state index is 9.61. The van der Waals surface area contributed by atoms with Crippen molar-refractivity contribution in [2.45, 2.75) is 12.8 Å². The molecule has 4 heteroatoms. The number of aliphatic hydroxyl groups excluding tert-OH is 1. The van der Waals surface area contributed by atoms with Gasteiger partial charge in [0.2, 0.25) is 0 Å². The molecule has 16 heavy (non-hydrogen) atoms. The van der Waals surface area contributed by atoms with Crippen molar-refractivity contribution in [3.63, 3.8) is 0 Å². The first-order valence-electron chi connectivity index (χ1n) is 6.34. The first kappa shape index (κ1) is 12.3. The number of ether oxygens (including phenoxy) is 1. The van der Waals surface area contributed by atoms with Gasteiger partial charge in [-0.2, -0.15) is 0 Å². The molecule has 1 atom stereocenters. The average molecular weight is 228 g/mol. The van der Waals surface area contributed by atoms with Crippen molar-refractivity contribution in [1.29, 1.82) is 0 Å². The minimum Gasteiger partial charge on any atom is -0.396 e. The van der Waals surface area contributed by atoms with Crippen LogP contribution in [0.4, 0.5) is 0 Å². The number of likely N-dealkylation sites (N-methyl/N-ethyl adjacent to an activating group) is 1. The van der Waals surface area contributed by atoms with Crippen LogP contribution in [-0.4, -0.2) is 74.5 Å². The predicted octanol–water partition coefficient (Wildman–Crippen LogP) is 0.0229. The van der Waals surface area contributed by atoms with Crippen molar-refractivity contribution in [3.05, 3.63) is 0 Å². The van der Waals surface area contributed by atoms with E-state index >= 15 is 0 Å². The molecule has 0 aromatic carbocycles. The smallest absolute Gasteiger partial charge is 0.0556 e. The first-order valence-corrected chi connectivity index (χ1v) is 6.34. The van der Waals surface area contributed by atoms with E-state index in [0.29, 0.717) is 0 Å². The molecular weight excluding hydrogens is 204 g/mol. The van der Waals surface area contributed by atoms with E-state index in [1.165, 1.54) is 0 Å². The third kappa shape index (κ3) is 2.94. The highest BCUT2D eigenvalue weighted by Gasteiger charge is 2.34. The third-order valence-electron chi connectivity index (χ3n) is 3.89. The fourth-order valence-electron chi connectivity index (χ4n) is 2.69. The summed E-state index contributed by atoms with van der Waals surface area (Å²) in [7, 11) is 2.17. The molecule has 2 saturated heterocycles. The van der Waals surface area contributed by atoms with Gasteiger partial charge in [-0.1, -0.05) is 0 Å². The number of hydrogen-bond donors (Lipinski definition) is 1. The minimum atomic E-state index is 0.00810. The quantitative estimate of drug-likeness (QED) is 0.739. The molecular formula is C12H24N2O2. The molecule has 0 bridgehead atoms. The van der Waals surface area contributed by atoms with Gasteiger partial charge in [0.25, 0.3) is 0 Å². The van der Waals surface area contributed by atoms with Gasteiger partial charge in [-0.15, -0.1) is 0 Å². The Morgan fingerprint density at radius 3 is 2.56 bits per heavy atom. The molecule has 2 aliphatic heterocycles. The van der Waals surface area contributed by atoms with E-state index in [9.17, 15) is 5.11 Å². The summed E-state index contributed by atoms with van der Waals surface area (Å²) in [5, 5.41) is 9.61. The second-order valence-corrected chi connectivity index (χ2v) is 5.39. The fraction of sp³-hybridized carbons (Fsp3) is 1.00. The van der Waals surface area contributed by atoms with Crippen molar-refractivity contribution >= 4 is 0 Å². The summed E-state index contributed by atoms with van der Waals surface area (Å²) in [4.78, 5) is 4.84. The lowest BCUT2D eigenvalue weighted by Gasteiger charge is -2.42. The highest BCUT2D eigenvalue weighted by atomic mass is 16.5. The number of rotatable bonds is 3. The highest BCUT2D eigenvalue weighted by molar-refractivity contribution is 4.86. The zero-order chi connectivity index (χ0) is 11.4. The van der Waals surface area contributed by atoms with Crippen LogP contribution in [0, 0.1) is 5.41 Å². The van der Waals surface area contributed by atoms with Gasteiger partial charge < -0.3 is 19.6 Å². The van der Waals surface area contributed by atoms with Gasteiger partial charge in [-0.3, -0.25) is 0 Å². The van der Waals surface area contributed by atoms with Gasteiger partial charge in [-0.25, -0.2) is 0 Å². The van der Waals surface area contributed by atoms with Gasteiger partial charge in [0.1, 0.15) is 0 Å². The average Bonchev–Trinajstić information content (AvgIpc) is 2.33. The summed E-state index contributed by atoms with van der Waals surface area (Å²) in [6, 6.07) is 0. The molecule has 1 unspecified atom stereocenters. The van der Waals surface area contributed by atoms with Gasteiger partial charge in [0.05, 0.1) is 13.2 Å². The van der Waals surface area contributed by atoms with E-state index in [1.54, 1.807) is 0 Å². The van der Waals surface area contributed by atoms with Gasteiger partial charge in [-0.05, 0) is 19.9 Å². The van der Waals surface area contributed by atoms with E-state index in [4.69, 9.17) is 4.74 Å². The molecule has 0 aliphatic carbocycles.